The van der Waals surface area contributed by atoms with Crippen molar-refractivity contribution in [1.29, 1.82) is 0 Å². The van der Waals surface area contributed by atoms with Gasteiger partial charge in [-0.1, -0.05) is 39.7 Å². The third kappa shape index (κ3) is 3.15. The van der Waals surface area contributed by atoms with Crippen molar-refractivity contribution in [2.45, 2.75) is 13.0 Å². The number of rotatable bonds is 3. The molecule has 2 aromatic rings. The summed E-state index contributed by atoms with van der Waals surface area (Å²) in [4.78, 5) is 14.7. The summed E-state index contributed by atoms with van der Waals surface area (Å²) in [7, 11) is 0. The number of aromatic nitrogens is 1. The first-order chi connectivity index (χ1) is 8.56. The molecule has 2 N–H and O–H groups in total. The Balaban J connectivity index is 2.05. The molecule has 1 aromatic carbocycles. The molecule has 94 valence electrons. The molecule has 1 amide bonds. The SMILES string of the molecule is CC(NC(=O)c1cc(Cl)c[nH]1)c1ccc(Br)cc1. The van der Waals surface area contributed by atoms with Crippen LogP contribution in [0, 0.1) is 0 Å². The maximum atomic E-state index is 11.9. The molecule has 0 aliphatic heterocycles. The van der Waals surface area contributed by atoms with E-state index in [-0.39, 0.29) is 11.9 Å². The van der Waals surface area contributed by atoms with Gasteiger partial charge in [-0.2, -0.15) is 0 Å². The van der Waals surface area contributed by atoms with E-state index < -0.39 is 0 Å². The minimum Gasteiger partial charge on any atom is -0.356 e. The van der Waals surface area contributed by atoms with E-state index in [9.17, 15) is 4.79 Å². The molecule has 1 atom stereocenters. The lowest BCUT2D eigenvalue weighted by Gasteiger charge is -2.13. The van der Waals surface area contributed by atoms with Crippen molar-refractivity contribution in [1.82, 2.24) is 10.3 Å². The quantitative estimate of drug-likeness (QED) is 0.881. The minimum atomic E-state index is -0.169. The highest BCUT2D eigenvalue weighted by Crippen LogP contribution is 2.17. The number of hydrogen-bond donors (Lipinski definition) is 2. The number of halogens is 2. The molecule has 1 unspecified atom stereocenters. The Morgan fingerprint density at radius 2 is 2.06 bits per heavy atom. The molecule has 5 heteroatoms. The van der Waals surface area contributed by atoms with Gasteiger partial charge in [-0.05, 0) is 30.7 Å². The van der Waals surface area contributed by atoms with Gasteiger partial charge in [-0.15, -0.1) is 0 Å². The molecule has 18 heavy (non-hydrogen) atoms. The number of hydrogen-bond acceptors (Lipinski definition) is 1. The zero-order valence-corrected chi connectivity index (χ0v) is 12.0. The van der Waals surface area contributed by atoms with Crippen LogP contribution in [0.25, 0.3) is 0 Å². The Hall–Kier alpha value is -1.26. The third-order valence-electron chi connectivity index (χ3n) is 2.61. The minimum absolute atomic E-state index is 0.0623. The van der Waals surface area contributed by atoms with Gasteiger partial charge in [0.05, 0.1) is 11.1 Å². The summed E-state index contributed by atoms with van der Waals surface area (Å²) >= 11 is 9.14. The second-order valence-electron chi connectivity index (χ2n) is 3.98. The molecule has 0 aliphatic rings. The second-order valence-corrected chi connectivity index (χ2v) is 5.33. The second kappa shape index (κ2) is 5.59. The summed E-state index contributed by atoms with van der Waals surface area (Å²) in [5.74, 6) is -0.169. The number of carbonyl (C=O) groups is 1. The predicted molar refractivity (Wildman–Crippen MR) is 75.8 cm³/mol. The predicted octanol–water partition coefficient (Wildman–Crippen LogP) is 3.92. The summed E-state index contributed by atoms with van der Waals surface area (Å²) in [5, 5.41) is 3.43. The zero-order valence-electron chi connectivity index (χ0n) is 9.71. The number of nitrogens with one attached hydrogen (secondary N) is 2. The lowest BCUT2D eigenvalue weighted by atomic mass is 10.1. The van der Waals surface area contributed by atoms with Crippen molar-refractivity contribution >= 4 is 33.4 Å². The maximum absolute atomic E-state index is 11.9. The Morgan fingerprint density at radius 1 is 1.39 bits per heavy atom. The van der Waals surface area contributed by atoms with Crippen LogP contribution in [0.3, 0.4) is 0 Å². The van der Waals surface area contributed by atoms with Crippen LogP contribution in [0.15, 0.2) is 41.0 Å². The lowest BCUT2D eigenvalue weighted by Crippen LogP contribution is -2.26. The summed E-state index contributed by atoms with van der Waals surface area (Å²) in [6.07, 6.45) is 1.58. The van der Waals surface area contributed by atoms with Gasteiger partial charge in [-0.3, -0.25) is 4.79 Å². The molecular formula is C13H12BrClN2O. The average molecular weight is 328 g/mol. The molecule has 3 nitrogen and oxygen atoms in total. The maximum Gasteiger partial charge on any atom is 0.268 e. The van der Waals surface area contributed by atoms with Gasteiger partial charge in [-0.25, -0.2) is 0 Å². The van der Waals surface area contributed by atoms with Crippen LogP contribution in [-0.2, 0) is 0 Å². The summed E-state index contributed by atoms with van der Waals surface area (Å²) < 4.78 is 1.01. The van der Waals surface area contributed by atoms with Gasteiger partial charge >= 0.3 is 0 Å². The fraction of sp³-hybridized carbons (Fsp3) is 0.154. The normalized spacial score (nSPS) is 12.2. The van der Waals surface area contributed by atoms with Crippen LogP contribution in [0.5, 0.6) is 0 Å². The van der Waals surface area contributed by atoms with Crippen LogP contribution in [0.1, 0.15) is 29.0 Å². The van der Waals surface area contributed by atoms with Crippen LogP contribution in [-0.4, -0.2) is 10.9 Å². The molecule has 0 fully saturated rings. The van der Waals surface area contributed by atoms with E-state index in [4.69, 9.17) is 11.6 Å². The summed E-state index contributed by atoms with van der Waals surface area (Å²) in [6, 6.07) is 9.37. The molecule has 0 saturated heterocycles. The number of carbonyl (C=O) groups excluding carboxylic acids is 1. The van der Waals surface area contributed by atoms with Crippen LogP contribution < -0.4 is 5.32 Å². The number of aromatic amines is 1. The van der Waals surface area contributed by atoms with Crippen molar-refractivity contribution in [3.8, 4) is 0 Å². The smallest absolute Gasteiger partial charge is 0.268 e. The van der Waals surface area contributed by atoms with Gasteiger partial charge < -0.3 is 10.3 Å². The fourth-order valence-corrected chi connectivity index (χ4v) is 2.04. The van der Waals surface area contributed by atoms with E-state index in [0.717, 1.165) is 10.0 Å². The Morgan fingerprint density at radius 3 is 2.61 bits per heavy atom. The van der Waals surface area contributed by atoms with Gasteiger partial charge in [0.1, 0.15) is 5.69 Å². The van der Waals surface area contributed by atoms with Crippen LogP contribution in [0.4, 0.5) is 0 Å². The molecule has 0 spiro atoms. The fourth-order valence-electron chi connectivity index (χ4n) is 1.61. The van der Waals surface area contributed by atoms with E-state index in [0.29, 0.717) is 10.7 Å². The molecule has 0 bridgehead atoms. The van der Waals surface area contributed by atoms with Crippen molar-refractivity contribution in [2.75, 3.05) is 0 Å². The van der Waals surface area contributed by atoms with Crippen molar-refractivity contribution in [2.24, 2.45) is 0 Å². The van der Waals surface area contributed by atoms with E-state index in [2.05, 4.69) is 26.2 Å². The van der Waals surface area contributed by atoms with Crippen LogP contribution >= 0.6 is 27.5 Å². The Labute approximate surface area is 119 Å². The standard InChI is InChI=1S/C13H12BrClN2O/c1-8(9-2-4-10(14)5-3-9)17-13(18)12-6-11(15)7-16-12/h2-8,16H,1H3,(H,17,18). The molecular weight excluding hydrogens is 316 g/mol. The zero-order chi connectivity index (χ0) is 13.1. The third-order valence-corrected chi connectivity index (χ3v) is 3.36. The van der Waals surface area contributed by atoms with Gasteiger partial charge in [0.15, 0.2) is 0 Å². The first-order valence-electron chi connectivity index (χ1n) is 5.46. The molecule has 0 saturated carbocycles. The van der Waals surface area contributed by atoms with Crippen molar-refractivity contribution in [3.05, 3.63) is 57.3 Å². The summed E-state index contributed by atoms with van der Waals surface area (Å²) in [6.45, 7) is 1.94. The monoisotopic (exact) mass is 326 g/mol. The van der Waals surface area contributed by atoms with E-state index >= 15 is 0 Å². The molecule has 1 heterocycles. The topological polar surface area (TPSA) is 44.9 Å². The van der Waals surface area contributed by atoms with Gasteiger partial charge in [0.2, 0.25) is 0 Å². The van der Waals surface area contributed by atoms with Gasteiger partial charge in [0, 0.05) is 10.7 Å². The highest BCUT2D eigenvalue weighted by Gasteiger charge is 2.12. The lowest BCUT2D eigenvalue weighted by molar-refractivity contribution is 0.0935. The molecule has 0 aliphatic carbocycles. The summed E-state index contributed by atoms with van der Waals surface area (Å²) in [5.41, 5.74) is 1.51. The molecule has 0 radical (unpaired) electrons. The first kappa shape index (κ1) is 13.2. The first-order valence-corrected chi connectivity index (χ1v) is 6.63. The molecule has 1 aromatic heterocycles. The van der Waals surface area contributed by atoms with E-state index in [1.165, 1.54) is 0 Å². The number of amides is 1. The van der Waals surface area contributed by atoms with Crippen molar-refractivity contribution in [3.63, 3.8) is 0 Å². The highest BCUT2D eigenvalue weighted by molar-refractivity contribution is 9.10. The highest BCUT2D eigenvalue weighted by atomic mass is 79.9. The van der Waals surface area contributed by atoms with Gasteiger partial charge in [0.25, 0.3) is 5.91 Å². The Bertz CT molecular complexity index is 550. The average Bonchev–Trinajstić information content (AvgIpc) is 2.76. The number of benzene rings is 1. The van der Waals surface area contributed by atoms with E-state index in [1.807, 2.05) is 31.2 Å². The van der Waals surface area contributed by atoms with E-state index in [1.54, 1.807) is 12.3 Å². The molecule has 2 rings (SSSR count). The van der Waals surface area contributed by atoms with Crippen molar-refractivity contribution < 1.29 is 4.79 Å². The van der Waals surface area contributed by atoms with Crippen LogP contribution in [0.2, 0.25) is 5.02 Å². The Kier molecular flexibility index (Phi) is 4.09. The largest absolute Gasteiger partial charge is 0.356 e. The number of H-pyrrole nitrogens is 1.